The molecule has 1 aromatic rings. The van der Waals surface area contributed by atoms with Gasteiger partial charge in [0.25, 0.3) is 0 Å². The topological polar surface area (TPSA) is 27.6 Å². The fourth-order valence-electron chi connectivity index (χ4n) is 2.70. The number of halogens is 2. The fraction of sp³-hybridized carbons (Fsp3) is 0.588. The van der Waals surface area contributed by atoms with E-state index in [1.54, 1.807) is 12.1 Å². The Morgan fingerprint density at radius 3 is 2.77 bits per heavy atom. The van der Waals surface area contributed by atoms with Crippen LogP contribution in [0.25, 0.3) is 0 Å². The molecule has 5 heteroatoms. The van der Waals surface area contributed by atoms with E-state index < -0.39 is 0 Å². The van der Waals surface area contributed by atoms with Gasteiger partial charge in [-0.2, -0.15) is 0 Å². The molecule has 124 valence electrons. The third-order valence-electron chi connectivity index (χ3n) is 3.86. The maximum atomic E-state index is 13.1. The summed E-state index contributed by atoms with van der Waals surface area (Å²) in [5.41, 5.74) is 1.36. The second-order valence-corrected chi connectivity index (χ2v) is 6.45. The Hall–Kier alpha value is -0.850. The molecular weight excluding hydrogens is 392 g/mol. The molecule has 0 bridgehead atoms. The van der Waals surface area contributed by atoms with Crippen molar-refractivity contribution in [3.63, 3.8) is 0 Å². The van der Waals surface area contributed by atoms with E-state index in [0.717, 1.165) is 37.6 Å². The van der Waals surface area contributed by atoms with Gasteiger partial charge in [-0.25, -0.2) is 4.39 Å². The highest BCUT2D eigenvalue weighted by atomic mass is 127. The Morgan fingerprint density at radius 1 is 1.41 bits per heavy atom. The summed E-state index contributed by atoms with van der Waals surface area (Å²) in [6, 6.07) is 6.76. The molecule has 1 saturated heterocycles. The van der Waals surface area contributed by atoms with Crippen LogP contribution in [-0.2, 0) is 6.42 Å². The Kier molecular flexibility index (Phi) is 7.59. The first-order valence-electron chi connectivity index (χ1n) is 7.78. The van der Waals surface area contributed by atoms with Gasteiger partial charge in [-0.05, 0) is 42.9 Å². The van der Waals surface area contributed by atoms with Gasteiger partial charge >= 0.3 is 0 Å². The molecule has 0 radical (unpaired) electrons. The monoisotopic (exact) mass is 419 g/mol. The normalized spacial score (nSPS) is 17.3. The predicted molar refractivity (Wildman–Crippen MR) is 101 cm³/mol. The molecule has 0 amide bonds. The summed E-state index contributed by atoms with van der Waals surface area (Å²) in [6.07, 6.45) is 1.96. The number of nitrogens with zero attached hydrogens (tertiary/aromatic N) is 2. The van der Waals surface area contributed by atoms with E-state index in [1.165, 1.54) is 12.5 Å². The lowest BCUT2D eigenvalue weighted by molar-refractivity contribution is 0.370. The fourth-order valence-corrected chi connectivity index (χ4v) is 2.70. The van der Waals surface area contributed by atoms with E-state index in [1.807, 2.05) is 6.07 Å². The zero-order valence-corrected chi connectivity index (χ0v) is 16.1. The molecule has 0 aliphatic carbocycles. The standard InChI is InChI=1S/C17H26FN3.HI/c1-4-19-16(21-11-9-17(2,3)13-21)20-10-8-14-6-5-7-15(18)12-14;/h5-7,12H,4,8-11,13H2,1-3H3,(H,19,20);1H. The van der Waals surface area contributed by atoms with Gasteiger partial charge in [-0.3, -0.25) is 4.99 Å². The number of benzene rings is 1. The first-order chi connectivity index (χ1) is 10.00. The number of likely N-dealkylation sites (tertiary alicyclic amines) is 1. The molecule has 1 aliphatic rings. The summed E-state index contributed by atoms with van der Waals surface area (Å²) < 4.78 is 13.1. The van der Waals surface area contributed by atoms with Crippen molar-refractivity contribution in [2.75, 3.05) is 26.2 Å². The molecule has 1 heterocycles. The largest absolute Gasteiger partial charge is 0.357 e. The highest BCUT2D eigenvalue weighted by Crippen LogP contribution is 2.28. The average molecular weight is 419 g/mol. The minimum Gasteiger partial charge on any atom is -0.357 e. The Balaban J connectivity index is 0.00000242. The van der Waals surface area contributed by atoms with Crippen LogP contribution >= 0.6 is 24.0 Å². The van der Waals surface area contributed by atoms with Gasteiger partial charge in [0.05, 0.1) is 0 Å². The molecular formula is C17H27FIN3. The van der Waals surface area contributed by atoms with Crippen molar-refractivity contribution in [2.24, 2.45) is 10.4 Å². The Labute approximate surface area is 150 Å². The predicted octanol–water partition coefficient (Wildman–Crippen LogP) is 3.68. The first-order valence-corrected chi connectivity index (χ1v) is 7.78. The van der Waals surface area contributed by atoms with E-state index in [0.29, 0.717) is 12.0 Å². The van der Waals surface area contributed by atoms with Crippen molar-refractivity contribution < 1.29 is 4.39 Å². The molecule has 1 fully saturated rings. The van der Waals surface area contributed by atoms with Crippen LogP contribution in [0.3, 0.4) is 0 Å². The molecule has 0 unspecified atom stereocenters. The Bertz CT molecular complexity index is 502. The van der Waals surface area contributed by atoms with Gasteiger partial charge in [0.2, 0.25) is 0 Å². The van der Waals surface area contributed by atoms with Gasteiger partial charge in [-0.15, -0.1) is 24.0 Å². The quantitative estimate of drug-likeness (QED) is 0.458. The van der Waals surface area contributed by atoms with Crippen LogP contribution in [0.4, 0.5) is 4.39 Å². The van der Waals surface area contributed by atoms with Gasteiger partial charge in [0.1, 0.15) is 5.82 Å². The first kappa shape index (κ1) is 19.2. The highest BCUT2D eigenvalue weighted by molar-refractivity contribution is 14.0. The van der Waals surface area contributed by atoms with Crippen LogP contribution in [0.5, 0.6) is 0 Å². The zero-order chi connectivity index (χ0) is 15.3. The molecule has 0 atom stereocenters. The zero-order valence-electron chi connectivity index (χ0n) is 13.7. The maximum Gasteiger partial charge on any atom is 0.193 e. The molecule has 1 N–H and O–H groups in total. The molecule has 3 nitrogen and oxygen atoms in total. The molecule has 1 aromatic carbocycles. The second kappa shape index (κ2) is 8.70. The second-order valence-electron chi connectivity index (χ2n) is 6.45. The number of aliphatic imine (C=N–C) groups is 1. The summed E-state index contributed by atoms with van der Waals surface area (Å²) in [7, 11) is 0. The van der Waals surface area contributed by atoms with Crippen LogP contribution in [-0.4, -0.2) is 37.0 Å². The summed E-state index contributed by atoms with van der Waals surface area (Å²) in [6.45, 7) is 10.3. The average Bonchev–Trinajstić information content (AvgIpc) is 2.78. The third kappa shape index (κ3) is 5.74. The van der Waals surface area contributed by atoms with Gasteiger partial charge in [0, 0.05) is 26.2 Å². The molecule has 22 heavy (non-hydrogen) atoms. The summed E-state index contributed by atoms with van der Waals surface area (Å²) in [4.78, 5) is 7.02. The lowest BCUT2D eigenvalue weighted by Gasteiger charge is -2.23. The van der Waals surface area contributed by atoms with Crippen molar-refractivity contribution in [3.05, 3.63) is 35.6 Å². The van der Waals surface area contributed by atoms with Crippen LogP contribution in [0.15, 0.2) is 29.3 Å². The third-order valence-corrected chi connectivity index (χ3v) is 3.86. The van der Waals surface area contributed by atoms with Crippen molar-refractivity contribution in [3.8, 4) is 0 Å². The maximum absolute atomic E-state index is 13.1. The van der Waals surface area contributed by atoms with E-state index in [-0.39, 0.29) is 29.8 Å². The molecule has 0 saturated carbocycles. The van der Waals surface area contributed by atoms with E-state index in [4.69, 9.17) is 4.99 Å². The van der Waals surface area contributed by atoms with Gasteiger partial charge < -0.3 is 10.2 Å². The van der Waals surface area contributed by atoms with Crippen LogP contribution in [0, 0.1) is 11.2 Å². The molecule has 0 aromatic heterocycles. The smallest absolute Gasteiger partial charge is 0.193 e. The number of hydrogen-bond donors (Lipinski definition) is 1. The number of guanidine groups is 1. The van der Waals surface area contributed by atoms with Crippen LogP contribution < -0.4 is 5.32 Å². The van der Waals surface area contributed by atoms with Crippen molar-refractivity contribution in [1.29, 1.82) is 0 Å². The van der Waals surface area contributed by atoms with Gasteiger partial charge in [0.15, 0.2) is 5.96 Å². The lowest BCUT2D eigenvalue weighted by Crippen LogP contribution is -2.40. The van der Waals surface area contributed by atoms with Crippen LogP contribution in [0.1, 0.15) is 32.8 Å². The van der Waals surface area contributed by atoms with E-state index in [9.17, 15) is 4.39 Å². The summed E-state index contributed by atoms with van der Waals surface area (Å²) in [5.74, 6) is 0.809. The minimum atomic E-state index is -0.176. The summed E-state index contributed by atoms with van der Waals surface area (Å²) >= 11 is 0. The Morgan fingerprint density at radius 2 is 2.18 bits per heavy atom. The minimum absolute atomic E-state index is 0. The summed E-state index contributed by atoms with van der Waals surface area (Å²) in [5, 5.41) is 3.36. The van der Waals surface area contributed by atoms with E-state index in [2.05, 4.69) is 31.0 Å². The van der Waals surface area contributed by atoms with Crippen molar-refractivity contribution >= 4 is 29.9 Å². The molecule has 2 rings (SSSR count). The SMILES string of the molecule is CCNC(=NCCc1cccc(F)c1)N1CCC(C)(C)C1.I. The lowest BCUT2D eigenvalue weighted by atomic mass is 9.93. The number of hydrogen-bond acceptors (Lipinski definition) is 1. The highest BCUT2D eigenvalue weighted by Gasteiger charge is 2.30. The van der Waals surface area contributed by atoms with Crippen LogP contribution in [0.2, 0.25) is 0 Å². The van der Waals surface area contributed by atoms with Crippen molar-refractivity contribution in [2.45, 2.75) is 33.6 Å². The van der Waals surface area contributed by atoms with E-state index >= 15 is 0 Å². The molecule has 1 aliphatic heterocycles. The van der Waals surface area contributed by atoms with Gasteiger partial charge in [-0.1, -0.05) is 26.0 Å². The number of nitrogens with one attached hydrogen (secondary N) is 1. The van der Waals surface area contributed by atoms with Crippen molar-refractivity contribution in [1.82, 2.24) is 10.2 Å². The number of rotatable bonds is 4. The molecule has 0 spiro atoms.